The summed E-state index contributed by atoms with van der Waals surface area (Å²) < 4.78 is 6.42. The molecule has 1 aromatic carbocycles. The third-order valence-electron chi connectivity index (χ3n) is 2.36. The quantitative estimate of drug-likeness (QED) is 0.908. The van der Waals surface area contributed by atoms with Crippen LogP contribution in [0.2, 0.25) is 5.02 Å². The van der Waals surface area contributed by atoms with Crippen molar-refractivity contribution in [1.82, 2.24) is 0 Å². The predicted molar refractivity (Wildman–Crippen MR) is 65.9 cm³/mol. The second kappa shape index (κ2) is 4.60. The van der Waals surface area contributed by atoms with Crippen molar-refractivity contribution >= 4 is 33.2 Å². The van der Waals surface area contributed by atoms with Gasteiger partial charge >= 0.3 is 0 Å². The van der Waals surface area contributed by atoms with Gasteiger partial charge in [0.15, 0.2) is 0 Å². The number of fused-ring (bicyclic) bond motifs is 1. The van der Waals surface area contributed by atoms with Crippen molar-refractivity contribution in [1.29, 1.82) is 0 Å². The van der Waals surface area contributed by atoms with Gasteiger partial charge in [0, 0.05) is 17.6 Å². The highest BCUT2D eigenvalue weighted by Gasteiger charge is 2.18. The largest absolute Gasteiger partial charge is 0.490 e. The Hall–Kier alpha value is -0.450. The molecule has 0 aliphatic carbocycles. The molecule has 2 N–H and O–H groups in total. The van der Waals surface area contributed by atoms with Gasteiger partial charge in [0.1, 0.15) is 12.4 Å². The first-order valence-corrected chi connectivity index (χ1v) is 5.96. The molecule has 0 atom stereocenters. The Morgan fingerprint density at radius 1 is 1.53 bits per heavy atom. The number of hydrogen-bond donors (Lipinski definition) is 1. The molecule has 0 spiro atoms. The summed E-state index contributed by atoms with van der Waals surface area (Å²) in [7, 11) is 0. The second-order valence-corrected chi connectivity index (χ2v) is 4.62. The van der Waals surface area contributed by atoms with Crippen molar-refractivity contribution in [3.05, 3.63) is 21.6 Å². The topological polar surface area (TPSA) is 38.5 Å². The first-order valence-electron chi connectivity index (χ1n) is 4.79. The van der Waals surface area contributed by atoms with E-state index in [1.165, 1.54) is 0 Å². The molecule has 0 radical (unpaired) electrons. The minimum Gasteiger partial charge on any atom is -0.490 e. The molecule has 1 aliphatic rings. The van der Waals surface area contributed by atoms with E-state index in [1.54, 1.807) is 0 Å². The van der Waals surface area contributed by atoms with Gasteiger partial charge in [0.05, 0.1) is 17.3 Å². The van der Waals surface area contributed by atoms with Gasteiger partial charge in [-0.15, -0.1) is 0 Å². The van der Waals surface area contributed by atoms with Crippen LogP contribution in [0.5, 0.6) is 5.75 Å². The summed E-state index contributed by atoms with van der Waals surface area (Å²) in [6.45, 7) is 3.02. The van der Waals surface area contributed by atoms with Crippen LogP contribution in [0.25, 0.3) is 0 Å². The third-order valence-corrected chi connectivity index (χ3v) is 3.56. The molecule has 3 nitrogen and oxygen atoms in total. The molecule has 1 aliphatic heterocycles. The van der Waals surface area contributed by atoms with Gasteiger partial charge in [0.2, 0.25) is 0 Å². The van der Waals surface area contributed by atoms with Gasteiger partial charge in [-0.2, -0.15) is 0 Å². The summed E-state index contributed by atoms with van der Waals surface area (Å²) in [5.41, 5.74) is 6.59. The molecule has 15 heavy (non-hydrogen) atoms. The third kappa shape index (κ3) is 2.22. The van der Waals surface area contributed by atoms with Crippen LogP contribution in [0.4, 0.5) is 5.69 Å². The predicted octanol–water partition coefficient (Wildman–Crippen LogP) is 2.26. The Morgan fingerprint density at radius 2 is 2.33 bits per heavy atom. The van der Waals surface area contributed by atoms with E-state index in [2.05, 4.69) is 20.8 Å². The van der Waals surface area contributed by atoms with E-state index < -0.39 is 0 Å². The van der Waals surface area contributed by atoms with Crippen LogP contribution in [-0.4, -0.2) is 26.2 Å². The second-order valence-electron chi connectivity index (χ2n) is 3.36. The van der Waals surface area contributed by atoms with Gasteiger partial charge in [-0.3, -0.25) is 0 Å². The van der Waals surface area contributed by atoms with Crippen LogP contribution in [0.1, 0.15) is 0 Å². The van der Waals surface area contributed by atoms with Crippen LogP contribution in [-0.2, 0) is 0 Å². The molecule has 0 saturated carbocycles. The van der Waals surface area contributed by atoms with Crippen LogP contribution < -0.4 is 15.4 Å². The van der Waals surface area contributed by atoms with Crippen molar-refractivity contribution in [2.75, 3.05) is 31.1 Å². The van der Waals surface area contributed by atoms with Crippen molar-refractivity contribution in [2.45, 2.75) is 0 Å². The molecular formula is C10H12BrClN2O. The molecule has 0 bridgehead atoms. The Bertz CT molecular complexity index is 373. The summed E-state index contributed by atoms with van der Waals surface area (Å²) in [6.07, 6.45) is 0. The fourth-order valence-electron chi connectivity index (χ4n) is 1.66. The van der Waals surface area contributed by atoms with Gasteiger partial charge in [0.25, 0.3) is 0 Å². The van der Waals surface area contributed by atoms with E-state index >= 15 is 0 Å². The molecule has 5 heteroatoms. The highest BCUT2D eigenvalue weighted by Crippen LogP contribution is 2.38. The minimum atomic E-state index is 0.632. The normalized spacial score (nSPS) is 14.7. The van der Waals surface area contributed by atoms with E-state index in [1.807, 2.05) is 12.1 Å². The zero-order chi connectivity index (χ0) is 10.8. The summed E-state index contributed by atoms with van der Waals surface area (Å²) in [4.78, 5) is 2.19. The highest BCUT2D eigenvalue weighted by atomic mass is 79.9. The number of ether oxygens (including phenoxy) is 1. The SMILES string of the molecule is NCCN1CCOc2cc(Br)c(Cl)cc21. The molecule has 1 heterocycles. The molecule has 0 saturated heterocycles. The van der Waals surface area contributed by atoms with Crippen LogP contribution >= 0.6 is 27.5 Å². The Kier molecular flexibility index (Phi) is 3.38. The Balaban J connectivity index is 2.38. The van der Waals surface area contributed by atoms with Crippen LogP contribution in [0.3, 0.4) is 0 Å². The molecule has 2 rings (SSSR count). The zero-order valence-corrected chi connectivity index (χ0v) is 10.5. The average Bonchev–Trinajstić information content (AvgIpc) is 2.21. The van der Waals surface area contributed by atoms with Gasteiger partial charge < -0.3 is 15.4 Å². The number of benzene rings is 1. The van der Waals surface area contributed by atoms with Gasteiger partial charge in [-0.25, -0.2) is 0 Å². The summed E-state index contributed by atoms with van der Waals surface area (Å²) >= 11 is 9.43. The smallest absolute Gasteiger partial charge is 0.143 e. The molecule has 82 valence electrons. The van der Waals surface area contributed by atoms with Gasteiger partial charge in [-0.05, 0) is 28.1 Å². The van der Waals surface area contributed by atoms with Crippen molar-refractivity contribution in [3.8, 4) is 5.75 Å². The molecule has 1 aromatic rings. The summed E-state index contributed by atoms with van der Waals surface area (Å²) in [5, 5.41) is 0.696. The first kappa shape index (κ1) is 11.0. The lowest BCUT2D eigenvalue weighted by Crippen LogP contribution is -2.36. The number of rotatable bonds is 2. The zero-order valence-electron chi connectivity index (χ0n) is 8.17. The van der Waals surface area contributed by atoms with E-state index in [0.717, 1.165) is 29.0 Å². The highest BCUT2D eigenvalue weighted by molar-refractivity contribution is 9.10. The average molecular weight is 292 g/mol. The molecule has 0 fully saturated rings. The van der Waals surface area contributed by atoms with E-state index in [4.69, 9.17) is 22.1 Å². The maximum absolute atomic E-state index is 6.05. The van der Waals surface area contributed by atoms with E-state index in [-0.39, 0.29) is 0 Å². The maximum atomic E-state index is 6.05. The lowest BCUT2D eigenvalue weighted by atomic mass is 10.2. The lowest BCUT2D eigenvalue weighted by Gasteiger charge is -2.31. The maximum Gasteiger partial charge on any atom is 0.143 e. The number of hydrogen-bond acceptors (Lipinski definition) is 3. The number of nitrogens with zero attached hydrogens (tertiary/aromatic N) is 1. The lowest BCUT2D eigenvalue weighted by molar-refractivity contribution is 0.308. The fraction of sp³-hybridized carbons (Fsp3) is 0.400. The molecule has 0 amide bonds. The Morgan fingerprint density at radius 3 is 3.07 bits per heavy atom. The first-order chi connectivity index (χ1) is 7.22. The summed E-state index contributed by atoms with van der Waals surface area (Å²) in [5.74, 6) is 0.867. The monoisotopic (exact) mass is 290 g/mol. The van der Waals surface area contributed by atoms with E-state index in [9.17, 15) is 0 Å². The molecular weight excluding hydrogens is 279 g/mol. The molecule has 0 unspecified atom stereocenters. The Labute approximate surface area is 102 Å². The van der Waals surface area contributed by atoms with Crippen LogP contribution in [0.15, 0.2) is 16.6 Å². The van der Waals surface area contributed by atoms with Crippen molar-refractivity contribution in [3.63, 3.8) is 0 Å². The number of anilines is 1. The van der Waals surface area contributed by atoms with Crippen molar-refractivity contribution < 1.29 is 4.74 Å². The standard InChI is InChI=1S/C10H12BrClN2O/c11-7-5-10-9(6-8(7)12)14(2-1-13)3-4-15-10/h5-6H,1-4,13H2. The number of halogens is 2. The van der Waals surface area contributed by atoms with Gasteiger partial charge in [-0.1, -0.05) is 11.6 Å². The minimum absolute atomic E-state index is 0.632. The number of nitrogens with two attached hydrogens (primary N) is 1. The van der Waals surface area contributed by atoms with Crippen LogP contribution in [0, 0.1) is 0 Å². The van der Waals surface area contributed by atoms with E-state index in [0.29, 0.717) is 18.2 Å². The fourth-order valence-corrected chi connectivity index (χ4v) is 2.14. The summed E-state index contributed by atoms with van der Waals surface area (Å²) in [6, 6.07) is 3.82. The van der Waals surface area contributed by atoms with Crippen molar-refractivity contribution in [2.24, 2.45) is 5.73 Å². The molecule has 0 aromatic heterocycles.